The van der Waals surface area contributed by atoms with Gasteiger partial charge in [-0.3, -0.25) is 4.90 Å². The molecule has 3 nitrogen and oxygen atoms in total. The zero-order valence-corrected chi connectivity index (χ0v) is 12.6. The molecule has 0 bridgehead atoms. The van der Waals surface area contributed by atoms with E-state index in [9.17, 15) is 9.50 Å². The number of hydrogen-bond acceptors (Lipinski definition) is 3. The SMILES string of the molecule is COc1ccc(CN2CCC3(O)CCCCC3C2)cc1F. The van der Waals surface area contributed by atoms with E-state index in [0.717, 1.165) is 50.9 Å². The normalized spacial score (nSPS) is 30.0. The maximum absolute atomic E-state index is 13.8. The molecule has 0 aromatic heterocycles. The van der Waals surface area contributed by atoms with E-state index in [0.29, 0.717) is 11.7 Å². The molecule has 0 radical (unpaired) electrons. The minimum absolute atomic E-state index is 0.291. The summed E-state index contributed by atoms with van der Waals surface area (Å²) in [6.45, 7) is 2.55. The molecular weight excluding hydrogens is 269 g/mol. The first-order valence-electron chi connectivity index (χ1n) is 7.88. The number of benzene rings is 1. The highest BCUT2D eigenvalue weighted by Gasteiger charge is 2.42. The van der Waals surface area contributed by atoms with E-state index in [2.05, 4.69) is 4.90 Å². The maximum Gasteiger partial charge on any atom is 0.165 e. The summed E-state index contributed by atoms with van der Waals surface area (Å²) in [6, 6.07) is 5.16. The maximum atomic E-state index is 13.8. The topological polar surface area (TPSA) is 32.7 Å². The van der Waals surface area contributed by atoms with E-state index in [1.165, 1.54) is 13.5 Å². The number of likely N-dealkylation sites (tertiary alicyclic amines) is 1. The standard InChI is InChI=1S/C17H24FNO2/c1-21-16-6-5-13(10-15(16)18)11-19-9-8-17(20)7-3-2-4-14(17)12-19/h5-6,10,14,20H,2-4,7-9,11-12H2,1H3. The van der Waals surface area contributed by atoms with Gasteiger partial charge >= 0.3 is 0 Å². The van der Waals surface area contributed by atoms with Crippen molar-refractivity contribution in [1.29, 1.82) is 0 Å². The second-order valence-electron chi connectivity index (χ2n) is 6.50. The van der Waals surface area contributed by atoms with Gasteiger partial charge in [0.15, 0.2) is 11.6 Å². The van der Waals surface area contributed by atoms with Gasteiger partial charge in [0.25, 0.3) is 0 Å². The highest BCUT2D eigenvalue weighted by molar-refractivity contribution is 5.29. The van der Waals surface area contributed by atoms with E-state index < -0.39 is 5.60 Å². The Morgan fingerprint density at radius 1 is 1.38 bits per heavy atom. The fourth-order valence-electron chi connectivity index (χ4n) is 3.85. The van der Waals surface area contributed by atoms with E-state index >= 15 is 0 Å². The van der Waals surface area contributed by atoms with Gasteiger partial charge in [-0.15, -0.1) is 0 Å². The summed E-state index contributed by atoms with van der Waals surface area (Å²) in [5.41, 5.74) is 0.523. The number of ether oxygens (including phenoxy) is 1. The Kier molecular flexibility index (Phi) is 4.18. The van der Waals surface area contributed by atoms with Crippen molar-refractivity contribution >= 4 is 0 Å². The smallest absolute Gasteiger partial charge is 0.165 e. The Morgan fingerprint density at radius 2 is 2.24 bits per heavy atom. The number of nitrogens with zero attached hydrogens (tertiary/aromatic N) is 1. The molecule has 1 aliphatic heterocycles. The Balaban J connectivity index is 1.65. The largest absolute Gasteiger partial charge is 0.494 e. The van der Waals surface area contributed by atoms with Gasteiger partial charge < -0.3 is 9.84 Å². The zero-order valence-electron chi connectivity index (χ0n) is 12.6. The molecule has 2 unspecified atom stereocenters. The second-order valence-corrected chi connectivity index (χ2v) is 6.50. The molecule has 0 spiro atoms. The van der Waals surface area contributed by atoms with Crippen LogP contribution in [0.15, 0.2) is 18.2 Å². The first-order valence-corrected chi connectivity index (χ1v) is 7.88. The van der Waals surface area contributed by atoms with Crippen molar-refractivity contribution in [3.63, 3.8) is 0 Å². The first-order chi connectivity index (χ1) is 10.1. The van der Waals surface area contributed by atoms with Gasteiger partial charge in [-0.2, -0.15) is 0 Å². The average Bonchev–Trinajstić information content (AvgIpc) is 2.48. The average molecular weight is 293 g/mol. The molecule has 0 amide bonds. The van der Waals surface area contributed by atoms with Gasteiger partial charge in [-0.1, -0.05) is 18.9 Å². The highest BCUT2D eigenvalue weighted by Crippen LogP contribution is 2.40. The zero-order chi connectivity index (χ0) is 14.9. The molecule has 1 saturated heterocycles. The third kappa shape index (κ3) is 3.06. The number of hydrogen-bond donors (Lipinski definition) is 1. The van der Waals surface area contributed by atoms with Crippen molar-refractivity contribution in [2.45, 2.75) is 44.2 Å². The molecular formula is C17H24FNO2. The third-order valence-corrected chi connectivity index (χ3v) is 5.13. The fraction of sp³-hybridized carbons (Fsp3) is 0.647. The number of fused-ring (bicyclic) bond motifs is 1. The third-order valence-electron chi connectivity index (χ3n) is 5.13. The lowest BCUT2D eigenvalue weighted by atomic mass is 9.71. The molecule has 2 aliphatic rings. The molecule has 116 valence electrons. The Hall–Kier alpha value is -1.13. The van der Waals surface area contributed by atoms with Gasteiger partial charge in [0, 0.05) is 25.6 Å². The summed E-state index contributed by atoms with van der Waals surface area (Å²) in [5, 5.41) is 10.7. The molecule has 1 aromatic carbocycles. The quantitative estimate of drug-likeness (QED) is 0.930. The second kappa shape index (κ2) is 5.93. The molecule has 1 saturated carbocycles. The van der Waals surface area contributed by atoms with E-state index in [4.69, 9.17) is 4.74 Å². The van der Waals surface area contributed by atoms with Crippen molar-refractivity contribution in [2.75, 3.05) is 20.2 Å². The van der Waals surface area contributed by atoms with Gasteiger partial charge in [0.05, 0.1) is 12.7 Å². The van der Waals surface area contributed by atoms with E-state index in [1.54, 1.807) is 12.1 Å². The Labute approximate surface area is 125 Å². The molecule has 21 heavy (non-hydrogen) atoms. The van der Waals surface area contributed by atoms with E-state index in [1.807, 2.05) is 6.07 Å². The van der Waals surface area contributed by atoms with Crippen LogP contribution in [0, 0.1) is 11.7 Å². The van der Waals surface area contributed by atoms with Crippen LogP contribution in [0.4, 0.5) is 4.39 Å². The number of rotatable bonds is 3. The minimum Gasteiger partial charge on any atom is -0.494 e. The van der Waals surface area contributed by atoms with Crippen molar-refractivity contribution in [2.24, 2.45) is 5.92 Å². The molecule has 3 rings (SSSR count). The van der Waals surface area contributed by atoms with Crippen LogP contribution in [0.3, 0.4) is 0 Å². The summed E-state index contributed by atoms with van der Waals surface area (Å²) in [7, 11) is 1.48. The molecule has 1 aromatic rings. The number of piperidine rings is 1. The number of aliphatic hydroxyl groups is 1. The fourth-order valence-corrected chi connectivity index (χ4v) is 3.85. The van der Waals surface area contributed by atoms with Crippen molar-refractivity contribution < 1.29 is 14.2 Å². The molecule has 1 heterocycles. The highest BCUT2D eigenvalue weighted by atomic mass is 19.1. The summed E-state index contributed by atoms with van der Waals surface area (Å²) in [6.07, 6.45) is 5.28. The van der Waals surface area contributed by atoms with E-state index in [-0.39, 0.29) is 5.82 Å². The van der Waals surface area contributed by atoms with Gasteiger partial charge in [0.2, 0.25) is 0 Å². The summed E-state index contributed by atoms with van der Waals surface area (Å²) < 4.78 is 18.7. The predicted octanol–water partition coefficient (Wildman–Crippen LogP) is 2.96. The van der Waals surface area contributed by atoms with Crippen LogP contribution in [-0.4, -0.2) is 35.8 Å². The lowest BCUT2D eigenvalue weighted by molar-refractivity contribution is -0.0968. The Morgan fingerprint density at radius 3 is 3.00 bits per heavy atom. The van der Waals surface area contributed by atoms with Crippen LogP contribution in [-0.2, 0) is 6.54 Å². The van der Waals surface area contributed by atoms with Crippen LogP contribution in [0.5, 0.6) is 5.75 Å². The summed E-state index contributed by atoms with van der Waals surface area (Å²) in [5.74, 6) is 0.364. The molecule has 1 N–H and O–H groups in total. The minimum atomic E-state index is -0.445. The van der Waals surface area contributed by atoms with Gasteiger partial charge in [-0.25, -0.2) is 4.39 Å². The Bertz CT molecular complexity index is 508. The van der Waals surface area contributed by atoms with Gasteiger partial charge in [0.1, 0.15) is 0 Å². The number of halogens is 1. The van der Waals surface area contributed by atoms with Crippen molar-refractivity contribution in [1.82, 2.24) is 4.90 Å². The lowest BCUT2D eigenvalue weighted by Gasteiger charge is -2.47. The van der Waals surface area contributed by atoms with Crippen LogP contribution in [0.1, 0.15) is 37.7 Å². The summed E-state index contributed by atoms with van der Waals surface area (Å²) in [4.78, 5) is 2.34. The molecule has 2 atom stereocenters. The van der Waals surface area contributed by atoms with Crippen LogP contribution in [0.2, 0.25) is 0 Å². The van der Waals surface area contributed by atoms with Crippen molar-refractivity contribution in [3.05, 3.63) is 29.6 Å². The van der Waals surface area contributed by atoms with Crippen molar-refractivity contribution in [3.8, 4) is 5.75 Å². The molecule has 2 fully saturated rings. The number of methoxy groups -OCH3 is 1. The predicted molar refractivity (Wildman–Crippen MR) is 79.8 cm³/mol. The van der Waals surface area contributed by atoms with Crippen LogP contribution < -0.4 is 4.74 Å². The van der Waals surface area contributed by atoms with Gasteiger partial charge in [-0.05, 0) is 37.0 Å². The van der Waals surface area contributed by atoms with Crippen LogP contribution >= 0.6 is 0 Å². The molecule has 4 heteroatoms. The first kappa shape index (κ1) is 14.8. The molecule has 1 aliphatic carbocycles. The van der Waals surface area contributed by atoms with Crippen LogP contribution in [0.25, 0.3) is 0 Å². The summed E-state index contributed by atoms with van der Waals surface area (Å²) >= 11 is 0. The lowest BCUT2D eigenvalue weighted by Crippen LogP contribution is -2.52. The monoisotopic (exact) mass is 293 g/mol.